The molecule has 0 aliphatic carbocycles. The maximum absolute atomic E-state index is 11.4. The highest BCUT2D eigenvalue weighted by molar-refractivity contribution is 5.84. The molecule has 74 valence electrons. The summed E-state index contributed by atoms with van der Waals surface area (Å²) in [5, 5.41) is 0. The summed E-state index contributed by atoms with van der Waals surface area (Å²) >= 11 is 0. The lowest BCUT2D eigenvalue weighted by Crippen LogP contribution is -2.36. The molecule has 2 heterocycles. The SMILES string of the molecule is COC(=O)C1(C)OC12COCC2C. The smallest absolute Gasteiger partial charge is 0.341 e. The Kier molecular flexibility index (Phi) is 1.69. The molecule has 2 aliphatic heterocycles. The van der Waals surface area contributed by atoms with Crippen molar-refractivity contribution in [2.75, 3.05) is 20.3 Å². The highest BCUT2D eigenvalue weighted by atomic mass is 16.7. The van der Waals surface area contributed by atoms with E-state index >= 15 is 0 Å². The van der Waals surface area contributed by atoms with E-state index in [9.17, 15) is 4.79 Å². The van der Waals surface area contributed by atoms with Crippen molar-refractivity contribution in [2.45, 2.75) is 25.0 Å². The number of hydrogen-bond acceptors (Lipinski definition) is 4. The molecule has 4 nitrogen and oxygen atoms in total. The van der Waals surface area contributed by atoms with Crippen LogP contribution in [-0.2, 0) is 19.0 Å². The van der Waals surface area contributed by atoms with E-state index < -0.39 is 11.2 Å². The van der Waals surface area contributed by atoms with Gasteiger partial charge in [0.05, 0.1) is 20.3 Å². The second kappa shape index (κ2) is 2.45. The van der Waals surface area contributed by atoms with Crippen LogP contribution < -0.4 is 0 Å². The quantitative estimate of drug-likeness (QED) is 0.438. The van der Waals surface area contributed by atoms with Gasteiger partial charge in [0, 0.05) is 5.92 Å². The van der Waals surface area contributed by atoms with Crippen molar-refractivity contribution >= 4 is 5.97 Å². The van der Waals surface area contributed by atoms with Crippen LogP contribution in [-0.4, -0.2) is 37.5 Å². The van der Waals surface area contributed by atoms with Gasteiger partial charge in [0.1, 0.15) is 5.60 Å². The van der Waals surface area contributed by atoms with Gasteiger partial charge < -0.3 is 14.2 Å². The molecule has 2 fully saturated rings. The van der Waals surface area contributed by atoms with E-state index in [1.165, 1.54) is 7.11 Å². The van der Waals surface area contributed by atoms with Crippen LogP contribution in [0.2, 0.25) is 0 Å². The van der Waals surface area contributed by atoms with Crippen LogP contribution in [0, 0.1) is 5.92 Å². The highest BCUT2D eigenvalue weighted by Gasteiger charge is 2.76. The maximum Gasteiger partial charge on any atom is 0.341 e. The highest BCUT2D eigenvalue weighted by Crippen LogP contribution is 2.56. The maximum atomic E-state index is 11.4. The first kappa shape index (κ1) is 8.97. The molecule has 0 bridgehead atoms. The predicted molar refractivity (Wildman–Crippen MR) is 44.2 cm³/mol. The number of carbonyl (C=O) groups is 1. The van der Waals surface area contributed by atoms with Gasteiger partial charge in [-0.2, -0.15) is 0 Å². The summed E-state index contributed by atoms with van der Waals surface area (Å²) in [6.45, 7) is 4.96. The second-order valence-corrected chi connectivity index (χ2v) is 3.93. The molecule has 2 saturated heterocycles. The second-order valence-electron chi connectivity index (χ2n) is 3.93. The van der Waals surface area contributed by atoms with Gasteiger partial charge in [-0.3, -0.25) is 0 Å². The van der Waals surface area contributed by atoms with Gasteiger partial charge in [0.25, 0.3) is 0 Å². The molecule has 3 atom stereocenters. The van der Waals surface area contributed by atoms with E-state index in [1.54, 1.807) is 6.92 Å². The van der Waals surface area contributed by atoms with Crippen LogP contribution in [0.5, 0.6) is 0 Å². The largest absolute Gasteiger partial charge is 0.467 e. The van der Waals surface area contributed by atoms with Crippen molar-refractivity contribution in [3.05, 3.63) is 0 Å². The van der Waals surface area contributed by atoms with Gasteiger partial charge >= 0.3 is 5.97 Å². The number of methoxy groups -OCH3 is 1. The van der Waals surface area contributed by atoms with E-state index in [0.717, 1.165) is 0 Å². The molecule has 0 aromatic heterocycles. The summed E-state index contributed by atoms with van der Waals surface area (Å²) in [5.41, 5.74) is -1.20. The van der Waals surface area contributed by atoms with E-state index in [1.807, 2.05) is 6.92 Å². The van der Waals surface area contributed by atoms with Gasteiger partial charge in [-0.1, -0.05) is 6.92 Å². The zero-order valence-electron chi connectivity index (χ0n) is 8.12. The summed E-state index contributed by atoms with van der Waals surface area (Å²) in [7, 11) is 1.38. The topological polar surface area (TPSA) is 48.1 Å². The average molecular weight is 186 g/mol. The van der Waals surface area contributed by atoms with Gasteiger partial charge in [-0.25, -0.2) is 4.79 Å². The van der Waals surface area contributed by atoms with E-state index in [-0.39, 0.29) is 11.9 Å². The van der Waals surface area contributed by atoms with Crippen LogP contribution in [0.1, 0.15) is 13.8 Å². The molecule has 0 amide bonds. The third-order valence-electron chi connectivity index (χ3n) is 3.21. The Hall–Kier alpha value is -0.610. The van der Waals surface area contributed by atoms with Crippen molar-refractivity contribution in [1.82, 2.24) is 0 Å². The molecule has 0 aromatic carbocycles. The summed E-state index contributed by atoms with van der Waals surface area (Å²) in [5.74, 6) is -0.0403. The summed E-state index contributed by atoms with van der Waals surface area (Å²) < 4.78 is 15.5. The number of rotatable bonds is 1. The fraction of sp³-hybridized carbons (Fsp3) is 0.889. The van der Waals surface area contributed by atoms with Crippen molar-refractivity contribution in [1.29, 1.82) is 0 Å². The third kappa shape index (κ3) is 0.901. The number of hydrogen-bond donors (Lipinski definition) is 0. The Bertz CT molecular complexity index is 252. The van der Waals surface area contributed by atoms with Crippen LogP contribution >= 0.6 is 0 Å². The minimum absolute atomic E-state index is 0.261. The molecule has 0 aromatic rings. The first-order valence-corrected chi connectivity index (χ1v) is 4.43. The molecular formula is C9H14O4. The lowest BCUT2D eigenvalue weighted by Gasteiger charge is -2.11. The van der Waals surface area contributed by atoms with Crippen molar-refractivity contribution < 1.29 is 19.0 Å². The summed E-state index contributed by atoms with van der Waals surface area (Å²) in [4.78, 5) is 11.4. The Morgan fingerprint density at radius 2 is 2.31 bits per heavy atom. The molecule has 13 heavy (non-hydrogen) atoms. The zero-order chi connectivity index (χ0) is 9.69. The van der Waals surface area contributed by atoms with Crippen molar-refractivity contribution in [3.8, 4) is 0 Å². The lowest BCUT2D eigenvalue weighted by atomic mass is 9.86. The molecule has 2 rings (SSSR count). The molecule has 0 N–H and O–H groups in total. The first-order chi connectivity index (χ1) is 6.07. The van der Waals surface area contributed by atoms with Crippen LogP contribution in [0.4, 0.5) is 0 Å². The Balaban J connectivity index is 2.19. The fourth-order valence-electron chi connectivity index (χ4n) is 2.15. The number of epoxide rings is 1. The molecule has 0 radical (unpaired) electrons. The number of carbonyl (C=O) groups excluding carboxylic acids is 1. The number of ether oxygens (including phenoxy) is 3. The van der Waals surface area contributed by atoms with Crippen LogP contribution in [0.25, 0.3) is 0 Å². The van der Waals surface area contributed by atoms with Gasteiger partial charge in [-0.05, 0) is 6.92 Å². The lowest BCUT2D eigenvalue weighted by molar-refractivity contribution is -0.146. The van der Waals surface area contributed by atoms with Gasteiger partial charge in [0.2, 0.25) is 0 Å². The molecule has 1 spiro atoms. The standard InChI is InChI=1S/C9H14O4/c1-6-4-12-5-9(6)8(2,13-9)7(10)11-3/h6H,4-5H2,1-3H3. The minimum Gasteiger partial charge on any atom is -0.467 e. The fourth-order valence-corrected chi connectivity index (χ4v) is 2.15. The normalized spacial score (nSPS) is 48.1. The molecule has 3 unspecified atom stereocenters. The Morgan fingerprint density at radius 1 is 1.62 bits per heavy atom. The van der Waals surface area contributed by atoms with Gasteiger partial charge in [0.15, 0.2) is 5.60 Å². The Morgan fingerprint density at radius 3 is 2.77 bits per heavy atom. The summed E-state index contributed by atoms with van der Waals surface area (Å²) in [6, 6.07) is 0. The third-order valence-corrected chi connectivity index (χ3v) is 3.21. The molecule has 2 aliphatic rings. The molecule has 0 saturated carbocycles. The minimum atomic E-state index is -0.780. The van der Waals surface area contributed by atoms with Crippen LogP contribution in [0.15, 0.2) is 0 Å². The number of esters is 1. The molecule has 4 heteroatoms. The predicted octanol–water partition coefficient (Wildman–Crippen LogP) is 0.353. The van der Waals surface area contributed by atoms with Gasteiger partial charge in [-0.15, -0.1) is 0 Å². The summed E-state index contributed by atoms with van der Waals surface area (Å²) in [6.07, 6.45) is 0. The van der Waals surface area contributed by atoms with E-state index in [0.29, 0.717) is 13.2 Å². The first-order valence-electron chi connectivity index (χ1n) is 4.43. The average Bonchev–Trinajstić information content (AvgIpc) is 2.56. The van der Waals surface area contributed by atoms with Crippen molar-refractivity contribution in [3.63, 3.8) is 0 Å². The molecular weight excluding hydrogens is 172 g/mol. The van der Waals surface area contributed by atoms with E-state index in [4.69, 9.17) is 14.2 Å². The van der Waals surface area contributed by atoms with E-state index in [2.05, 4.69) is 0 Å². The van der Waals surface area contributed by atoms with Crippen molar-refractivity contribution in [2.24, 2.45) is 5.92 Å². The zero-order valence-corrected chi connectivity index (χ0v) is 8.12. The monoisotopic (exact) mass is 186 g/mol. The van der Waals surface area contributed by atoms with Crippen LogP contribution in [0.3, 0.4) is 0 Å². The Labute approximate surface area is 77.1 Å².